The Morgan fingerprint density at radius 3 is 1.89 bits per heavy atom. The standard InChI is InChI=1S/C19H15BrF4N2S2/c1-25-14(12-8-4-2-5-9-12)15(13-10-6-3-7-11-13)26(16(25)17(27)28)19(23,24)18(20,21)22/h2-11,16H,1H3,(H,27,28). The molecule has 3 rings (SSSR count). The van der Waals surface area contributed by atoms with E-state index in [1.807, 2.05) is 15.9 Å². The van der Waals surface area contributed by atoms with Crippen molar-refractivity contribution in [1.29, 1.82) is 0 Å². The average molecular weight is 491 g/mol. The molecule has 2 atom stereocenters. The lowest BCUT2D eigenvalue weighted by Gasteiger charge is -2.38. The van der Waals surface area contributed by atoms with Gasteiger partial charge in [-0.1, -0.05) is 52.7 Å². The molecule has 1 aliphatic heterocycles. The molecule has 0 spiro atoms. The van der Waals surface area contributed by atoms with Gasteiger partial charge < -0.3 is 24.8 Å². The number of hydrogen-bond donors (Lipinski definition) is 1. The zero-order valence-electron chi connectivity index (χ0n) is 14.5. The fraction of sp³-hybridized carbons (Fsp3) is 0.211. The summed E-state index contributed by atoms with van der Waals surface area (Å²) in [5, 5.41) is 0. The molecule has 0 saturated carbocycles. The van der Waals surface area contributed by atoms with Crippen molar-refractivity contribution in [2.24, 2.45) is 0 Å². The lowest BCUT2D eigenvalue weighted by Crippen LogP contribution is -3.11. The van der Waals surface area contributed by atoms with Gasteiger partial charge in [-0.05, 0) is 28.1 Å². The summed E-state index contributed by atoms with van der Waals surface area (Å²) < 4.78 is 57.7. The number of quaternary nitrogens is 1. The molecule has 0 aromatic heterocycles. The maximum atomic E-state index is 15.0. The normalized spacial score (nSPS) is 20.6. The second-order valence-electron chi connectivity index (χ2n) is 6.27. The number of rotatable bonds is 5. The zero-order chi connectivity index (χ0) is 20.7. The largest absolute Gasteiger partial charge is 0.425 e. The molecule has 0 bridgehead atoms. The van der Waals surface area contributed by atoms with Crippen LogP contribution >= 0.6 is 28.1 Å². The minimum atomic E-state index is -4.58. The van der Waals surface area contributed by atoms with E-state index < -0.39 is 17.0 Å². The van der Waals surface area contributed by atoms with Crippen LogP contribution in [0.1, 0.15) is 11.1 Å². The predicted molar refractivity (Wildman–Crippen MR) is 111 cm³/mol. The quantitative estimate of drug-likeness (QED) is 0.222. The van der Waals surface area contributed by atoms with Crippen LogP contribution in [0.5, 0.6) is 0 Å². The van der Waals surface area contributed by atoms with Crippen LogP contribution in [0.25, 0.3) is 11.4 Å². The Labute approximate surface area is 179 Å². The third-order valence-electron chi connectivity index (χ3n) is 4.52. The van der Waals surface area contributed by atoms with E-state index in [4.69, 9.17) is 24.8 Å². The van der Waals surface area contributed by atoms with Crippen LogP contribution in [0.3, 0.4) is 0 Å². The minimum absolute atomic E-state index is 0.0365. The van der Waals surface area contributed by atoms with Crippen LogP contribution in [0.2, 0.25) is 0 Å². The molecule has 2 aromatic carbocycles. The molecule has 0 amide bonds. The van der Waals surface area contributed by atoms with Crippen molar-refractivity contribution in [3.05, 3.63) is 71.8 Å². The molecule has 0 saturated heterocycles. The molecule has 2 nitrogen and oxygen atoms in total. The van der Waals surface area contributed by atoms with Crippen LogP contribution in [0.4, 0.5) is 17.6 Å². The molecule has 0 fully saturated rings. The van der Waals surface area contributed by atoms with Crippen LogP contribution < -0.4 is 4.90 Å². The van der Waals surface area contributed by atoms with Crippen molar-refractivity contribution in [1.82, 2.24) is 4.90 Å². The maximum absolute atomic E-state index is 15.0. The fourth-order valence-electron chi connectivity index (χ4n) is 3.34. The van der Waals surface area contributed by atoms with E-state index in [0.717, 1.165) is 0 Å². The van der Waals surface area contributed by atoms with Crippen LogP contribution in [-0.4, -0.2) is 33.2 Å². The summed E-state index contributed by atoms with van der Waals surface area (Å²) in [5.74, 6) is 0. The Bertz CT molecular complexity index is 901. The Hall–Kier alpha value is -1.55. The number of alkyl halides is 5. The number of benzene rings is 2. The Morgan fingerprint density at radius 1 is 1.00 bits per heavy atom. The number of hydrogen-bond acceptors (Lipinski definition) is 3. The molecular weight excluding hydrogens is 476 g/mol. The van der Waals surface area contributed by atoms with Crippen molar-refractivity contribution >= 4 is 56.4 Å². The van der Waals surface area contributed by atoms with Crippen LogP contribution in [0, 0.1) is 0 Å². The molecule has 28 heavy (non-hydrogen) atoms. The summed E-state index contributed by atoms with van der Waals surface area (Å²) in [6.07, 6.45) is -1.33. The van der Waals surface area contributed by atoms with Gasteiger partial charge in [-0.15, -0.1) is 0 Å². The van der Waals surface area contributed by atoms with Gasteiger partial charge in [-0.2, -0.15) is 17.6 Å². The van der Waals surface area contributed by atoms with Crippen molar-refractivity contribution in [2.75, 3.05) is 7.05 Å². The minimum Gasteiger partial charge on any atom is -0.425 e. The smallest absolute Gasteiger partial charge is 0.403 e. The zero-order valence-corrected chi connectivity index (χ0v) is 17.7. The van der Waals surface area contributed by atoms with Gasteiger partial charge in [0.05, 0.1) is 7.05 Å². The second kappa shape index (κ2) is 7.70. The molecule has 1 heterocycles. The van der Waals surface area contributed by atoms with Crippen molar-refractivity contribution < 1.29 is 22.5 Å². The number of nitrogens with zero attached hydrogens (tertiary/aromatic N) is 1. The first-order chi connectivity index (χ1) is 13.1. The lowest BCUT2D eigenvalue weighted by atomic mass is 10.0. The first kappa shape index (κ1) is 21.2. The Kier molecular flexibility index (Phi) is 5.82. The van der Waals surface area contributed by atoms with E-state index in [9.17, 15) is 8.78 Å². The highest BCUT2D eigenvalue weighted by Crippen LogP contribution is 2.48. The molecule has 2 aromatic rings. The number of halogens is 5. The molecule has 2 unspecified atom stereocenters. The third-order valence-corrected chi connectivity index (χ3v) is 5.44. The fourth-order valence-corrected chi connectivity index (χ4v) is 4.09. The van der Waals surface area contributed by atoms with Gasteiger partial charge in [0.2, 0.25) is 0 Å². The van der Waals surface area contributed by atoms with Gasteiger partial charge in [-0.3, -0.25) is 4.90 Å². The van der Waals surface area contributed by atoms with Crippen LogP contribution in [0.15, 0.2) is 60.7 Å². The molecule has 1 N–H and O–H groups in total. The van der Waals surface area contributed by atoms with Crippen molar-refractivity contribution in [3.8, 4) is 0 Å². The van der Waals surface area contributed by atoms with Gasteiger partial charge in [0, 0.05) is 11.1 Å². The highest BCUT2D eigenvalue weighted by molar-refractivity contribution is 9.10. The van der Waals surface area contributed by atoms with Crippen molar-refractivity contribution in [2.45, 2.75) is 17.0 Å². The van der Waals surface area contributed by atoms with Crippen LogP contribution in [-0.2, 0) is 12.6 Å². The Balaban J connectivity index is 2.36. The van der Waals surface area contributed by atoms with Gasteiger partial charge in [0.15, 0.2) is 11.9 Å². The summed E-state index contributed by atoms with van der Waals surface area (Å²) in [6.45, 7) is 0. The highest BCUT2D eigenvalue weighted by Gasteiger charge is 2.65. The van der Waals surface area contributed by atoms with Gasteiger partial charge >= 0.3 is 10.9 Å². The third kappa shape index (κ3) is 3.56. The molecular formula is C19H15BrF4N2S2. The van der Waals surface area contributed by atoms with E-state index >= 15 is 8.78 Å². The Morgan fingerprint density at radius 2 is 1.46 bits per heavy atom. The maximum Gasteiger partial charge on any atom is 0.403 e. The van der Waals surface area contributed by atoms with E-state index in [1.165, 1.54) is 0 Å². The highest BCUT2D eigenvalue weighted by atomic mass is 79.9. The molecule has 0 radical (unpaired) electrons. The summed E-state index contributed by atoms with van der Waals surface area (Å²) in [6, 6.07) is 12.4. The number of thiocarbonyl (C=S) groups is 1. The molecule has 0 aliphatic carbocycles. The van der Waals surface area contributed by atoms with Gasteiger partial charge in [-0.25, -0.2) is 4.90 Å². The van der Waals surface area contributed by atoms with Gasteiger partial charge in [0.1, 0.15) is 5.70 Å². The predicted octanol–water partition coefficient (Wildman–Crippen LogP) is 4.12. The SMILES string of the molecule is C[NH+]1C(c2ccccc2)=C(c2ccccc2)N(C(F)(F)C(F)(F)Br)C1C(=S)[S-]. The summed E-state index contributed by atoms with van der Waals surface area (Å²) in [5.41, 5.74) is 1.36. The molecule has 1 aliphatic rings. The van der Waals surface area contributed by atoms with E-state index in [0.29, 0.717) is 26.6 Å². The number of nitrogens with one attached hydrogen (secondary N) is 1. The molecule has 9 heteroatoms. The van der Waals surface area contributed by atoms with E-state index in [1.54, 1.807) is 67.7 Å². The summed E-state index contributed by atoms with van der Waals surface area (Å²) in [7, 11) is 1.59. The van der Waals surface area contributed by atoms with E-state index in [2.05, 4.69) is 0 Å². The monoisotopic (exact) mass is 490 g/mol. The lowest BCUT2D eigenvalue weighted by molar-refractivity contribution is -0.826. The first-order valence-corrected chi connectivity index (χ1v) is 9.82. The van der Waals surface area contributed by atoms with E-state index in [-0.39, 0.29) is 9.89 Å². The van der Waals surface area contributed by atoms with Gasteiger partial charge in [0.25, 0.3) is 0 Å². The summed E-state index contributed by atoms with van der Waals surface area (Å²) in [4.78, 5) is -3.74. The second-order valence-corrected chi connectivity index (χ2v) is 8.40. The topological polar surface area (TPSA) is 7.68 Å². The molecule has 148 valence electrons. The first-order valence-electron chi connectivity index (χ1n) is 8.21. The van der Waals surface area contributed by atoms with Crippen molar-refractivity contribution in [3.63, 3.8) is 0 Å². The average Bonchev–Trinajstić information content (AvgIpc) is 2.96. The summed E-state index contributed by atoms with van der Waals surface area (Å²) >= 11 is 11.9.